The van der Waals surface area contributed by atoms with Crippen LogP contribution in [0.1, 0.15) is 6.42 Å². The van der Waals surface area contributed by atoms with Crippen LogP contribution in [0.3, 0.4) is 0 Å². The summed E-state index contributed by atoms with van der Waals surface area (Å²) in [5.74, 6) is 1.43. The maximum Gasteiger partial charge on any atom is 0.238 e. The second-order valence-electron chi connectivity index (χ2n) is 6.86. The van der Waals surface area contributed by atoms with Gasteiger partial charge in [-0.25, -0.2) is 0 Å². The van der Waals surface area contributed by atoms with Crippen molar-refractivity contribution in [3.8, 4) is 11.5 Å². The molecule has 0 saturated carbocycles. The van der Waals surface area contributed by atoms with Gasteiger partial charge in [-0.2, -0.15) is 0 Å². The van der Waals surface area contributed by atoms with Crippen molar-refractivity contribution < 1.29 is 14.3 Å². The third-order valence-corrected chi connectivity index (χ3v) is 4.89. The summed E-state index contributed by atoms with van der Waals surface area (Å²) < 4.78 is 11.3. The van der Waals surface area contributed by atoms with Crippen LogP contribution < -0.4 is 19.7 Å². The summed E-state index contributed by atoms with van der Waals surface area (Å²) in [5, 5.41) is 2.97. The first-order valence-corrected chi connectivity index (χ1v) is 9.50. The van der Waals surface area contributed by atoms with Crippen molar-refractivity contribution in [1.29, 1.82) is 0 Å². The number of rotatable bonds is 4. The average Bonchev–Trinajstić information content (AvgIpc) is 2.94. The number of piperazine rings is 1. The highest BCUT2D eigenvalue weighted by molar-refractivity contribution is 5.92. The molecule has 0 bridgehead atoms. The van der Waals surface area contributed by atoms with Crippen molar-refractivity contribution in [3.63, 3.8) is 0 Å². The molecule has 2 aliphatic rings. The molecule has 27 heavy (non-hydrogen) atoms. The molecule has 0 spiro atoms. The van der Waals surface area contributed by atoms with Crippen molar-refractivity contribution in [1.82, 2.24) is 4.90 Å². The first-order valence-electron chi connectivity index (χ1n) is 9.50. The molecule has 2 heterocycles. The van der Waals surface area contributed by atoms with Gasteiger partial charge in [0.2, 0.25) is 5.91 Å². The number of nitrogens with zero attached hydrogens (tertiary/aromatic N) is 2. The van der Waals surface area contributed by atoms with Gasteiger partial charge in [-0.15, -0.1) is 0 Å². The van der Waals surface area contributed by atoms with E-state index in [-0.39, 0.29) is 5.91 Å². The number of ether oxygens (including phenoxy) is 2. The summed E-state index contributed by atoms with van der Waals surface area (Å²) in [6.07, 6.45) is 0.866. The second kappa shape index (κ2) is 8.31. The monoisotopic (exact) mass is 367 g/mol. The predicted octanol–water partition coefficient (Wildman–Crippen LogP) is 2.61. The smallest absolute Gasteiger partial charge is 0.238 e. The normalized spacial score (nSPS) is 17.3. The number of fused-ring (bicyclic) bond motifs is 1. The largest absolute Gasteiger partial charge is 0.490 e. The summed E-state index contributed by atoms with van der Waals surface area (Å²) in [6, 6.07) is 16.0. The Kier molecular flexibility index (Phi) is 5.44. The second-order valence-corrected chi connectivity index (χ2v) is 6.86. The maximum absolute atomic E-state index is 12.4. The van der Waals surface area contributed by atoms with Crippen molar-refractivity contribution in [2.45, 2.75) is 6.42 Å². The van der Waals surface area contributed by atoms with Gasteiger partial charge in [-0.1, -0.05) is 18.2 Å². The number of carbonyl (C=O) groups excluding carboxylic acids is 1. The molecule has 6 nitrogen and oxygen atoms in total. The molecule has 2 aromatic carbocycles. The lowest BCUT2D eigenvalue weighted by molar-refractivity contribution is -0.117. The molecular formula is C21H25N3O3. The first kappa shape index (κ1) is 17.7. The zero-order valence-corrected chi connectivity index (χ0v) is 15.4. The molecule has 142 valence electrons. The van der Waals surface area contributed by atoms with Crippen molar-refractivity contribution >= 4 is 17.3 Å². The Bertz CT molecular complexity index is 773. The Labute approximate surface area is 159 Å². The van der Waals surface area contributed by atoms with E-state index >= 15 is 0 Å². The number of carbonyl (C=O) groups is 1. The summed E-state index contributed by atoms with van der Waals surface area (Å²) in [6.45, 7) is 5.32. The number of para-hydroxylation sites is 1. The van der Waals surface area contributed by atoms with Crippen molar-refractivity contribution in [3.05, 3.63) is 48.5 Å². The topological polar surface area (TPSA) is 54.0 Å². The van der Waals surface area contributed by atoms with Gasteiger partial charge < -0.3 is 19.7 Å². The Balaban J connectivity index is 1.28. The van der Waals surface area contributed by atoms with E-state index in [9.17, 15) is 4.79 Å². The lowest BCUT2D eigenvalue weighted by Crippen LogP contribution is -2.48. The number of hydrogen-bond donors (Lipinski definition) is 1. The zero-order valence-electron chi connectivity index (χ0n) is 15.4. The van der Waals surface area contributed by atoms with Crippen LogP contribution in [0.25, 0.3) is 0 Å². The summed E-state index contributed by atoms with van der Waals surface area (Å²) in [5.41, 5.74) is 1.99. The lowest BCUT2D eigenvalue weighted by atomic mass is 10.2. The molecule has 6 heteroatoms. The number of benzene rings is 2. The minimum Gasteiger partial charge on any atom is -0.490 e. The quantitative estimate of drug-likeness (QED) is 0.900. The van der Waals surface area contributed by atoms with E-state index in [1.807, 2.05) is 24.3 Å². The molecule has 1 saturated heterocycles. The number of hydrogen-bond acceptors (Lipinski definition) is 5. The standard InChI is InChI=1S/C21H25N3O3/c25-21(22-17-7-8-19-20(15-17)27-14-4-13-26-19)16-23-9-11-24(12-10-23)18-5-2-1-3-6-18/h1-3,5-8,15H,4,9-14,16H2,(H,22,25). The third-order valence-electron chi connectivity index (χ3n) is 4.89. The summed E-state index contributed by atoms with van der Waals surface area (Å²) >= 11 is 0. The van der Waals surface area contributed by atoms with E-state index in [4.69, 9.17) is 9.47 Å². The molecule has 2 aliphatic heterocycles. The molecule has 0 radical (unpaired) electrons. The maximum atomic E-state index is 12.4. The molecule has 0 aliphatic carbocycles. The fourth-order valence-electron chi connectivity index (χ4n) is 3.45. The Morgan fingerprint density at radius 1 is 0.926 bits per heavy atom. The first-order chi connectivity index (χ1) is 13.3. The summed E-state index contributed by atoms with van der Waals surface area (Å²) in [4.78, 5) is 17.0. The highest BCUT2D eigenvalue weighted by Gasteiger charge is 2.19. The van der Waals surface area contributed by atoms with Crippen LogP contribution >= 0.6 is 0 Å². The lowest BCUT2D eigenvalue weighted by Gasteiger charge is -2.35. The van der Waals surface area contributed by atoms with Gasteiger partial charge >= 0.3 is 0 Å². The minimum absolute atomic E-state index is 0.00217. The van der Waals surface area contributed by atoms with Gasteiger partial charge in [-0.05, 0) is 24.3 Å². The van der Waals surface area contributed by atoms with Crippen LogP contribution in [0.15, 0.2) is 48.5 Å². The van der Waals surface area contributed by atoms with Crippen LogP contribution in [-0.4, -0.2) is 56.7 Å². The van der Waals surface area contributed by atoms with Crippen molar-refractivity contribution in [2.75, 3.05) is 56.2 Å². The Morgan fingerprint density at radius 2 is 1.67 bits per heavy atom. The molecule has 1 amide bonds. The van der Waals surface area contributed by atoms with Gasteiger partial charge in [-0.3, -0.25) is 9.69 Å². The van der Waals surface area contributed by atoms with E-state index in [0.717, 1.165) is 44.0 Å². The Morgan fingerprint density at radius 3 is 2.44 bits per heavy atom. The van der Waals surface area contributed by atoms with E-state index < -0.39 is 0 Å². The molecular weight excluding hydrogens is 342 g/mol. The molecule has 4 rings (SSSR count). The van der Waals surface area contributed by atoms with E-state index in [1.165, 1.54) is 5.69 Å². The molecule has 0 unspecified atom stereocenters. The van der Waals surface area contributed by atoms with E-state index in [0.29, 0.717) is 25.5 Å². The number of anilines is 2. The van der Waals surface area contributed by atoms with Gasteiger partial charge in [0.1, 0.15) is 0 Å². The molecule has 2 aromatic rings. The van der Waals surface area contributed by atoms with Gasteiger partial charge in [0, 0.05) is 50.0 Å². The third kappa shape index (κ3) is 4.52. The summed E-state index contributed by atoms with van der Waals surface area (Å²) in [7, 11) is 0. The Hall–Kier alpha value is -2.73. The van der Waals surface area contributed by atoms with Crippen LogP contribution in [0.5, 0.6) is 11.5 Å². The SMILES string of the molecule is O=C(CN1CCN(c2ccccc2)CC1)Nc1ccc2c(c1)OCCCO2. The highest BCUT2D eigenvalue weighted by atomic mass is 16.5. The number of amides is 1. The average molecular weight is 367 g/mol. The van der Waals surface area contributed by atoms with E-state index in [1.54, 1.807) is 0 Å². The van der Waals surface area contributed by atoms with Gasteiger partial charge in [0.25, 0.3) is 0 Å². The van der Waals surface area contributed by atoms with Gasteiger partial charge in [0.05, 0.1) is 19.8 Å². The highest BCUT2D eigenvalue weighted by Crippen LogP contribution is 2.32. The van der Waals surface area contributed by atoms with Gasteiger partial charge in [0.15, 0.2) is 11.5 Å². The van der Waals surface area contributed by atoms with E-state index in [2.05, 4.69) is 39.4 Å². The van der Waals surface area contributed by atoms with Crippen LogP contribution in [0.2, 0.25) is 0 Å². The fourth-order valence-corrected chi connectivity index (χ4v) is 3.45. The number of nitrogens with one attached hydrogen (secondary N) is 1. The van der Waals surface area contributed by atoms with Crippen LogP contribution in [-0.2, 0) is 4.79 Å². The fraction of sp³-hybridized carbons (Fsp3) is 0.381. The predicted molar refractivity (Wildman–Crippen MR) is 106 cm³/mol. The molecule has 1 fully saturated rings. The molecule has 1 N–H and O–H groups in total. The molecule has 0 aromatic heterocycles. The van der Waals surface area contributed by atoms with Crippen LogP contribution in [0.4, 0.5) is 11.4 Å². The zero-order chi connectivity index (χ0) is 18.5. The van der Waals surface area contributed by atoms with Crippen molar-refractivity contribution in [2.24, 2.45) is 0 Å². The minimum atomic E-state index is -0.00217. The van der Waals surface area contributed by atoms with Crippen LogP contribution in [0, 0.1) is 0 Å². The molecule has 0 atom stereocenters.